The number of hydrogen-bond donors (Lipinski definition) is 9. The topological polar surface area (TPSA) is 285 Å². The second-order valence-corrected chi connectivity index (χ2v) is 10.4. The molecule has 2 rings (SSSR count). The lowest BCUT2D eigenvalue weighted by Gasteiger charge is -2.30. The number of aliphatic carboxylic acids is 1. The van der Waals surface area contributed by atoms with Gasteiger partial charge < -0.3 is 53.6 Å². The summed E-state index contributed by atoms with van der Waals surface area (Å²) in [6.07, 6.45) is -0.00833. The van der Waals surface area contributed by atoms with Gasteiger partial charge >= 0.3 is 5.97 Å². The Morgan fingerprint density at radius 3 is 2.17 bits per heavy atom. The highest BCUT2D eigenvalue weighted by molar-refractivity contribution is 5.99. The lowest BCUT2D eigenvalue weighted by atomic mass is 10.0. The van der Waals surface area contributed by atoms with Gasteiger partial charge in [-0.1, -0.05) is 0 Å². The van der Waals surface area contributed by atoms with Gasteiger partial charge in [-0.3, -0.25) is 33.8 Å². The molecule has 236 valence electrons. The zero-order chi connectivity index (χ0) is 31.4. The lowest BCUT2D eigenvalue weighted by Crippen LogP contribution is -2.60. The van der Waals surface area contributed by atoms with E-state index in [4.69, 9.17) is 17.2 Å². The second-order valence-electron chi connectivity index (χ2n) is 10.4. The molecule has 0 spiro atoms. The normalized spacial score (nSPS) is 26.5. The molecule has 12 N–H and O–H groups in total. The molecule has 0 aromatic heterocycles. The molecule has 2 heterocycles. The maximum Gasteiger partial charge on any atom is 0.305 e. The maximum absolute atomic E-state index is 13.7. The highest BCUT2D eigenvalue weighted by atomic mass is 16.4. The van der Waals surface area contributed by atoms with Crippen molar-refractivity contribution in [1.29, 1.82) is 0 Å². The molecule has 17 nitrogen and oxygen atoms in total. The van der Waals surface area contributed by atoms with Crippen LogP contribution < -0.4 is 38.5 Å². The number of nitrogens with zero attached hydrogens (tertiary/aromatic N) is 2. The zero-order valence-electron chi connectivity index (χ0n) is 23.7. The molecule has 17 heteroatoms. The first-order chi connectivity index (χ1) is 19.8. The number of guanidine groups is 1. The first-order valence-corrected chi connectivity index (χ1v) is 14.0. The van der Waals surface area contributed by atoms with Crippen LogP contribution in [0.1, 0.15) is 58.3 Å². The van der Waals surface area contributed by atoms with Crippen LogP contribution in [0.4, 0.5) is 0 Å². The summed E-state index contributed by atoms with van der Waals surface area (Å²) in [5.74, 6) is -5.55. The van der Waals surface area contributed by atoms with Crippen molar-refractivity contribution >= 4 is 41.5 Å². The van der Waals surface area contributed by atoms with E-state index in [0.717, 1.165) is 0 Å². The first kappa shape index (κ1) is 34.2. The van der Waals surface area contributed by atoms with E-state index in [-0.39, 0.29) is 38.3 Å². The molecule has 6 atom stereocenters. The fourth-order valence-corrected chi connectivity index (χ4v) is 4.87. The third-order valence-corrected chi connectivity index (χ3v) is 7.05. The van der Waals surface area contributed by atoms with Crippen LogP contribution in [0.3, 0.4) is 0 Å². The van der Waals surface area contributed by atoms with Crippen molar-refractivity contribution < 1.29 is 39.0 Å². The number of fused-ring (bicyclic) bond motifs is 1. The van der Waals surface area contributed by atoms with Crippen LogP contribution in [0.25, 0.3) is 0 Å². The number of aliphatic hydroxyl groups excluding tert-OH is 1. The van der Waals surface area contributed by atoms with Gasteiger partial charge in [-0.15, -0.1) is 0 Å². The van der Waals surface area contributed by atoms with E-state index in [9.17, 15) is 39.0 Å². The molecule has 0 aromatic carbocycles. The molecule has 0 radical (unpaired) electrons. The van der Waals surface area contributed by atoms with Gasteiger partial charge in [0.15, 0.2) is 5.96 Å². The quantitative estimate of drug-likeness (QED) is 0.0628. The number of unbranched alkanes of at least 4 members (excludes halogenated alkanes) is 1. The van der Waals surface area contributed by atoms with E-state index < -0.39 is 78.2 Å². The summed E-state index contributed by atoms with van der Waals surface area (Å²) in [6.45, 7) is 1.95. The number of carbonyl (C=O) groups excluding carboxylic acids is 5. The zero-order valence-corrected chi connectivity index (χ0v) is 23.7. The van der Waals surface area contributed by atoms with E-state index in [2.05, 4.69) is 26.3 Å². The van der Waals surface area contributed by atoms with Crippen LogP contribution in [0.15, 0.2) is 4.99 Å². The number of nitrogens with one attached hydrogen (secondary N) is 4. The third kappa shape index (κ3) is 10.1. The lowest BCUT2D eigenvalue weighted by molar-refractivity contribution is -0.143. The van der Waals surface area contributed by atoms with E-state index >= 15 is 0 Å². The van der Waals surface area contributed by atoms with Gasteiger partial charge in [-0.05, 0) is 58.4 Å². The minimum atomic E-state index is -1.66. The Hall–Kier alpha value is -3.99. The number of carboxylic acids is 1. The van der Waals surface area contributed by atoms with Crippen molar-refractivity contribution in [2.75, 3.05) is 19.6 Å². The maximum atomic E-state index is 13.7. The fourth-order valence-electron chi connectivity index (χ4n) is 4.87. The molecule has 0 unspecified atom stereocenters. The summed E-state index contributed by atoms with van der Waals surface area (Å²) in [6, 6.07) is -6.50. The monoisotopic (exact) mass is 597 g/mol. The molecular weight excluding hydrogens is 554 g/mol. The van der Waals surface area contributed by atoms with Gasteiger partial charge in [-0.25, -0.2) is 0 Å². The van der Waals surface area contributed by atoms with Crippen molar-refractivity contribution in [3.05, 3.63) is 0 Å². The van der Waals surface area contributed by atoms with Crippen LogP contribution in [0.2, 0.25) is 0 Å². The molecule has 42 heavy (non-hydrogen) atoms. The molecule has 2 aliphatic heterocycles. The number of amides is 5. The Kier molecular flexibility index (Phi) is 13.4. The number of aliphatic imine (C=N–C) groups is 1. The number of carboxylic acid groups (broad SMARTS) is 1. The van der Waals surface area contributed by atoms with E-state index in [1.54, 1.807) is 0 Å². The number of hydrogen-bond acceptors (Lipinski definition) is 9. The summed E-state index contributed by atoms with van der Waals surface area (Å²) in [5, 5.41) is 29.5. The van der Waals surface area contributed by atoms with Gasteiger partial charge in [0.2, 0.25) is 29.5 Å². The van der Waals surface area contributed by atoms with Crippen molar-refractivity contribution in [3.63, 3.8) is 0 Å². The van der Waals surface area contributed by atoms with Gasteiger partial charge in [0.05, 0.1) is 12.5 Å². The van der Waals surface area contributed by atoms with Crippen LogP contribution in [0.5, 0.6) is 0 Å². The largest absolute Gasteiger partial charge is 0.481 e. The number of rotatable bonds is 11. The molecule has 2 aliphatic rings. The molecule has 0 bridgehead atoms. The Morgan fingerprint density at radius 2 is 1.55 bits per heavy atom. The Labute approximate surface area is 243 Å². The van der Waals surface area contributed by atoms with Crippen LogP contribution >= 0.6 is 0 Å². The molecule has 5 amide bonds. The van der Waals surface area contributed by atoms with Crippen LogP contribution in [-0.2, 0) is 28.8 Å². The fraction of sp³-hybridized carbons (Fsp3) is 0.720. The minimum Gasteiger partial charge on any atom is -0.481 e. The Balaban J connectivity index is 2.50. The summed E-state index contributed by atoms with van der Waals surface area (Å²) in [5.41, 5.74) is 16.3. The number of carbonyl (C=O) groups is 6. The predicted molar refractivity (Wildman–Crippen MR) is 149 cm³/mol. The predicted octanol–water partition coefficient (Wildman–Crippen LogP) is -4.03. The van der Waals surface area contributed by atoms with Gasteiger partial charge in [0.25, 0.3) is 0 Å². The minimum absolute atomic E-state index is 0.0223. The number of nitrogens with two attached hydrogens (primary N) is 3. The average molecular weight is 598 g/mol. The van der Waals surface area contributed by atoms with Crippen molar-refractivity contribution in [2.24, 2.45) is 22.2 Å². The summed E-state index contributed by atoms with van der Waals surface area (Å²) in [4.78, 5) is 83.4. The standard InChI is InChI=1S/C25H43N9O8/c1-13(35)19-23(41)31-15(6-2-3-9-26)24(42)34-11-5-8-17(34)22(40)30-14(7-4-10-29-25(27)28)20(38)32-16(12-18(36)37)21(39)33-19/h13-17,19,35H,2-12,26H2,1H3,(H,30,40)(H,31,41)(H,32,38)(H,33,39)(H,36,37)(H4,27,28,29)/t13-,14+,15+,16+,17+,19+/m1/s1. The average Bonchev–Trinajstić information content (AvgIpc) is 3.41. The summed E-state index contributed by atoms with van der Waals surface area (Å²) >= 11 is 0. The van der Waals surface area contributed by atoms with E-state index in [1.807, 2.05) is 0 Å². The summed E-state index contributed by atoms with van der Waals surface area (Å²) < 4.78 is 0. The van der Waals surface area contributed by atoms with Crippen LogP contribution in [-0.4, -0.2) is 113 Å². The molecule has 0 aliphatic carbocycles. The molecular formula is C25H43N9O8. The molecule has 0 saturated carbocycles. The second kappa shape index (κ2) is 16.5. The van der Waals surface area contributed by atoms with E-state index in [0.29, 0.717) is 32.2 Å². The highest BCUT2D eigenvalue weighted by Gasteiger charge is 2.41. The van der Waals surface area contributed by atoms with Crippen LogP contribution in [0, 0.1) is 0 Å². The Bertz CT molecular complexity index is 1030. The molecule has 0 aromatic rings. The summed E-state index contributed by atoms with van der Waals surface area (Å²) in [7, 11) is 0. The van der Waals surface area contributed by atoms with E-state index in [1.165, 1.54) is 11.8 Å². The highest BCUT2D eigenvalue weighted by Crippen LogP contribution is 2.21. The third-order valence-electron chi connectivity index (χ3n) is 7.05. The van der Waals surface area contributed by atoms with Crippen molar-refractivity contribution in [3.8, 4) is 0 Å². The van der Waals surface area contributed by atoms with Crippen molar-refractivity contribution in [2.45, 2.75) is 94.6 Å². The van der Waals surface area contributed by atoms with Gasteiger partial charge in [-0.2, -0.15) is 0 Å². The molecule has 2 saturated heterocycles. The Morgan fingerprint density at radius 1 is 0.929 bits per heavy atom. The number of aliphatic hydroxyl groups is 1. The van der Waals surface area contributed by atoms with Gasteiger partial charge in [0.1, 0.15) is 30.2 Å². The first-order valence-electron chi connectivity index (χ1n) is 14.0. The smallest absolute Gasteiger partial charge is 0.305 e. The van der Waals surface area contributed by atoms with Crippen molar-refractivity contribution in [1.82, 2.24) is 26.2 Å². The van der Waals surface area contributed by atoms with Gasteiger partial charge in [0, 0.05) is 13.1 Å². The SMILES string of the molecule is C[C@@H](O)[C@@H]1NC(=O)[C@H](CC(=O)O)NC(=O)[C@H](CCCN=C(N)N)NC(=O)[C@@H]2CCCN2C(=O)[C@H](CCCCN)NC1=O. The molecule has 2 fully saturated rings.